The second-order valence-electron chi connectivity index (χ2n) is 8.31. The molecule has 0 radical (unpaired) electrons. The van der Waals surface area contributed by atoms with Gasteiger partial charge in [-0.25, -0.2) is 17.2 Å². The number of sulfonamides is 1. The average Bonchev–Trinajstić information content (AvgIpc) is 3.29. The van der Waals surface area contributed by atoms with Crippen LogP contribution in [0, 0.1) is 17.1 Å². The van der Waals surface area contributed by atoms with E-state index in [0.717, 1.165) is 48.8 Å². The number of pyridine rings is 2. The van der Waals surface area contributed by atoms with Gasteiger partial charge in [0.25, 0.3) is 0 Å². The molecule has 14 heteroatoms. The Balaban J connectivity index is 1.54. The number of benzene rings is 1. The van der Waals surface area contributed by atoms with Crippen LogP contribution in [-0.4, -0.2) is 47.4 Å². The molecule has 2 aromatic heterocycles. The molecular formula is C24H18F5N5O3S. The first-order chi connectivity index (χ1) is 17.9. The molecule has 1 aliphatic heterocycles. The minimum absolute atomic E-state index is 0.0351. The molecule has 0 spiro atoms. The van der Waals surface area contributed by atoms with Gasteiger partial charge in [0.15, 0.2) is 0 Å². The van der Waals surface area contributed by atoms with E-state index in [1.165, 1.54) is 6.07 Å². The zero-order valence-electron chi connectivity index (χ0n) is 19.3. The van der Waals surface area contributed by atoms with Crippen LogP contribution < -0.4 is 5.32 Å². The molecule has 3 heterocycles. The Morgan fingerprint density at radius 2 is 1.84 bits per heavy atom. The van der Waals surface area contributed by atoms with Crippen molar-refractivity contribution in [2.75, 3.05) is 6.54 Å². The van der Waals surface area contributed by atoms with Gasteiger partial charge in [-0.15, -0.1) is 0 Å². The zero-order valence-corrected chi connectivity index (χ0v) is 20.1. The number of carbonyl (C=O) groups is 1. The Bertz CT molecular complexity index is 1490. The third-order valence-corrected chi connectivity index (χ3v) is 7.77. The Morgan fingerprint density at radius 1 is 1.13 bits per heavy atom. The van der Waals surface area contributed by atoms with Gasteiger partial charge in [0.1, 0.15) is 29.8 Å². The highest BCUT2D eigenvalue weighted by atomic mass is 32.2. The van der Waals surface area contributed by atoms with Gasteiger partial charge < -0.3 is 5.32 Å². The van der Waals surface area contributed by atoms with Gasteiger partial charge >= 0.3 is 6.18 Å². The summed E-state index contributed by atoms with van der Waals surface area (Å²) in [5, 5.41) is 11.8. The number of nitrogens with zero attached hydrogens (tertiary/aromatic N) is 4. The Labute approximate surface area is 213 Å². The summed E-state index contributed by atoms with van der Waals surface area (Å²) in [4.78, 5) is 20.0. The lowest BCUT2D eigenvalue weighted by atomic mass is 10.1. The number of hydrogen-bond acceptors (Lipinski definition) is 6. The summed E-state index contributed by atoms with van der Waals surface area (Å²) in [6.45, 7) is -0.596. The van der Waals surface area contributed by atoms with E-state index < -0.39 is 45.8 Å². The van der Waals surface area contributed by atoms with Crippen LogP contribution in [0.3, 0.4) is 0 Å². The number of halogens is 5. The lowest BCUT2D eigenvalue weighted by Crippen LogP contribution is -2.49. The summed E-state index contributed by atoms with van der Waals surface area (Å²) in [6.07, 6.45) is -4.55. The van der Waals surface area contributed by atoms with Crippen molar-refractivity contribution in [3.63, 3.8) is 0 Å². The number of nitrogens with one attached hydrogen (secondary N) is 1. The third kappa shape index (κ3) is 5.48. The second-order valence-corrected chi connectivity index (χ2v) is 10.2. The van der Waals surface area contributed by atoms with E-state index in [-0.39, 0.29) is 46.8 Å². The third-order valence-electron chi connectivity index (χ3n) is 5.88. The number of rotatable bonds is 6. The maximum atomic E-state index is 14.7. The summed E-state index contributed by atoms with van der Waals surface area (Å²) in [7, 11) is -4.32. The van der Waals surface area contributed by atoms with Crippen molar-refractivity contribution in [1.82, 2.24) is 19.6 Å². The van der Waals surface area contributed by atoms with Gasteiger partial charge in [0.05, 0.1) is 16.2 Å². The molecule has 0 aliphatic carbocycles. The minimum Gasteiger partial charge on any atom is -0.350 e. The molecular weight excluding hydrogens is 533 g/mol. The highest BCUT2D eigenvalue weighted by Crippen LogP contribution is 2.30. The molecule has 1 amide bonds. The molecule has 198 valence electrons. The van der Waals surface area contributed by atoms with Crippen molar-refractivity contribution in [1.29, 1.82) is 5.26 Å². The van der Waals surface area contributed by atoms with E-state index in [9.17, 15) is 40.4 Å². The zero-order chi connectivity index (χ0) is 27.7. The average molecular weight is 551 g/mol. The van der Waals surface area contributed by atoms with E-state index in [4.69, 9.17) is 0 Å². The summed E-state index contributed by atoms with van der Waals surface area (Å²) in [5.41, 5.74) is -0.467. The van der Waals surface area contributed by atoms with Crippen molar-refractivity contribution in [3.05, 3.63) is 77.5 Å². The van der Waals surface area contributed by atoms with Crippen molar-refractivity contribution in [3.8, 4) is 17.3 Å². The fraction of sp³-hybridized carbons (Fsp3) is 0.250. The molecule has 1 N–H and O–H groups in total. The van der Waals surface area contributed by atoms with E-state index in [1.54, 1.807) is 0 Å². The fourth-order valence-corrected chi connectivity index (χ4v) is 5.56. The first kappa shape index (κ1) is 27.1. The maximum absolute atomic E-state index is 14.7. The predicted octanol–water partition coefficient (Wildman–Crippen LogP) is 3.59. The van der Waals surface area contributed by atoms with Crippen LogP contribution in [0.1, 0.15) is 23.2 Å². The first-order valence-electron chi connectivity index (χ1n) is 11.0. The quantitative estimate of drug-likeness (QED) is 0.468. The van der Waals surface area contributed by atoms with Gasteiger partial charge in [0, 0.05) is 31.0 Å². The molecule has 1 aliphatic rings. The number of carbonyl (C=O) groups excluding carboxylic acids is 1. The Hall–Kier alpha value is -3.96. The summed E-state index contributed by atoms with van der Waals surface area (Å²) in [5.74, 6) is -1.63. The Kier molecular flexibility index (Phi) is 7.43. The molecule has 4 rings (SSSR count). The molecule has 1 aromatic carbocycles. The molecule has 8 nitrogen and oxygen atoms in total. The second kappa shape index (κ2) is 10.4. The van der Waals surface area contributed by atoms with E-state index in [2.05, 4.69) is 15.3 Å². The van der Waals surface area contributed by atoms with Gasteiger partial charge in [-0.2, -0.15) is 22.7 Å². The van der Waals surface area contributed by atoms with Crippen molar-refractivity contribution < 1.29 is 35.2 Å². The van der Waals surface area contributed by atoms with Gasteiger partial charge in [0.2, 0.25) is 15.9 Å². The number of hydrogen-bond donors (Lipinski definition) is 1. The SMILES string of the molecule is N#Cc1cnc(-c2ccc(C(F)(F)F)nc2)cc1CNC(=O)[C@@H]1[C@@H](F)CCN1S(=O)(=O)c1ccc(F)cc1. The highest BCUT2D eigenvalue weighted by molar-refractivity contribution is 7.89. The van der Waals surface area contributed by atoms with E-state index >= 15 is 0 Å². The molecule has 3 aromatic rings. The molecule has 0 saturated carbocycles. The smallest absolute Gasteiger partial charge is 0.350 e. The Morgan fingerprint density at radius 3 is 2.45 bits per heavy atom. The van der Waals surface area contributed by atoms with Crippen LogP contribution in [0.4, 0.5) is 22.0 Å². The van der Waals surface area contributed by atoms with E-state index in [0.29, 0.717) is 4.31 Å². The molecule has 0 unspecified atom stereocenters. The van der Waals surface area contributed by atoms with Crippen molar-refractivity contribution in [2.24, 2.45) is 0 Å². The van der Waals surface area contributed by atoms with Crippen LogP contribution in [0.2, 0.25) is 0 Å². The lowest BCUT2D eigenvalue weighted by Gasteiger charge is -2.24. The van der Waals surface area contributed by atoms with Crippen molar-refractivity contribution >= 4 is 15.9 Å². The fourth-order valence-electron chi connectivity index (χ4n) is 3.94. The van der Waals surface area contributed by atoms with Crippen LogP contribution >= 0.6 is 0 Å². The van der Waals surface area contributed by atoms with Crippen LogP contribution in [0.5, 0.6) is 0 Å². The maximum Gasteiger partial charge on any atom is 0.433 e. The minimum atomic E-state index is -4.63. The van der Waals surface area contributed by atoms with Crippen LogP contribution in [-0.2, 0) is 27.5 Å². The highest BCUT2D eigenvalue weighted by Gasteiger charge is 2.46. The lowest BCUT2D eigenvalue weighted by molar-refractivity contribution is -0.141. The number of amides is 1. The number of alkyl halides is 4. The molecule has 2 atom stereocenters. The van der Waals surface area contributed by atoms with Gasteiger partial charge in [-0.1, -0.05) is 0 Å². The summed E-state index contributed by atoms with van der Waals surface area (Å²) >= 11 is 0. The van der Waals surface area contributed by atoms with Gasteiger partial charge in [-0.3, -0.25) is 14.8 Å². The normalized spacial score (nSPS) is 18.2. The molecule has 0 bridgehead atoms. The summed E-state index contributed by atoms with van der Waals surface area (Å²) < 4.78 is 93.0. The number of aromatic nitrogens is 2. The molecule has 1 fully saturated rings. The standard InChI is InChI=1S/C24H18F5N5O3S/c25-17-2-4-18(5-3-17)38(36,37)34-8-7-19(26)22(34)23(35)33-12-15-9-20(31-13-16(15)10-30)14-1-6-21(32-11-14)24(27,28)29/h1-6,9,11,13,19,22H,7-8,12H2,(H,33,35)/t19-,22-/m0/s1. The van der Waals surface area contributed by atoms with Crippen molar-refractivity contribution in [2.45, 2.75) is 36.3 Å². The van der Waals surface area contributed by atoms with Crippen LogP contribution in [0.25, 0.3) is 11.3 Å². The van der Waals surface area contributed by atoms with E-state index in [1.807, 2.05) is 6.07 Å². The number of nitriles is 1. The summed E-state index contributed by atoms with van der Waals surface area (Å²) in [6, 6.07) is 7.35. The molecule has 38 heavy (non-hydrogen) atoms. The van der Waals surface area contributed by atoms with Gasteiger partial charge in [-0.05, 0) is 54.4 Å². The predicted molar refractivity (Wildman–Crippen MR) is 123 cm³/mol. The largest absolute Gasteiger partial charge is 0.433 e. The first-order valence-corrected chi connectivity index (χ1v) is 12.5. The topological polar surface area (TPSA) is 116 Å². The monoisotopic (exact) mass is 551 g/mol. The molecule has 1 saturated heterocycles. The van der Waals surface area contributed by atoms with Crippen LogP contribution in [0.15, 0.2) is 59.8 Å².